The van der Waals surface area contributed by atoms with Crippen LogP contribution in [0.5, 0.6) is 5.75 Å². The smallest absolute Gasteiger partial charge is 0.138 e. The molecule has 0 aliphatic heterocycles. The van der Waals surface area contributed by atoms with Crippen LogP contribution in [0.1, 0.15) is 30.5 Å². The molecular weight excluding hydrogens is 200 g/mol. The van der Waals surface area contributed by atoms with Gasteiger partial charge in [0.15, 0.2) is 0 Å². The summed E-state index contributed by atoms with van der Waals surface area (Å²) in [5.41, 5.74) is 6.67. The van der Waals surface area contributed by atoms with E-state index in [9.17, 15) is 5.11 Å². The summed E-state index contributed by atoms with van der Waals surface area (Å²) in [6.45, 7) is 1.93. The minimum absolute atomic E-state index is 0. The summed E-state index contributed by atoms with van der Waals surface area (Å²) in [6, 6.07) is 6.74. The van der Waals surface area contributed by atoms with E-state index in [-0.39, 0.29) is 29.8 Å². The Balaban J connectivity index is 0.00000169. The first-order valence-corrected chi connectivity index (χ1v) is 4.18. The van der Waals surface area contributed by atoms with Gasteiger partial charge < -0.3 is 10.8 Å². The number of nitrogens with two attached hydrogens (primary N) is 1. The van der Waals surface area contributed by atoms with Crippen molar-refractivity contribution in [2.75, 3.05) is 0 Å². The van der Waals surface area contributed by atoms with Crippen molar-refractivity contribution in [3.63, 3.8) is 0 Å². The summed E-state index contributed by atoms with van der Waals surface area (Å²) in [4.78, 5) is 0. The van der Waals surface area contributed by atoms with Crippen molar-refractivity contribution in [2.24, 2.45) is 5.73 Å². The lowest BCUT2D eigenvalue weighted by molar-refractivity contribution is 0.458. The van der Waals surface area contributed by atoms with Crippen molar-refractivity contribution < 1.29 is 5.11 Å². The second-order valence-electron chi connectivity index (χ2n) is 2.87. The van der Waals surface area contributed by atoms with Crippen LogP contribution < -0.4 is 5.73 Å². The van der Waals surface area contributed by atoms with Gasteiger partial charge in [-0.15, -0.1) is 12.4 Å². The molecule has 3 N–H and O–H groups in total. The summed E-state index contributed by atoms with van der Waals surface area (Å²) in [5.74, 6) is 0.0133. The standard InChI is InChI=1S/C10H12N2O.ClH/c1-2-9(12)8-5-3-4-7(6-11)10(8)13;/h3-5,9,13H,2,12H2,1H3;1H/t9-;/m1./s1. The zero-order chi connectivity index (χ0) is 9.84. The largest absolute Gasteiger partial charge is 0.506 e. The molecule has 0 unspecified atom stereocenters. The molecule has 4 heteroatoms. The number of nitrogens with zero attached hydrogens (tertiary/aromatic N) is 1. The van der Waals surface area contributed by atoms with Gasteiger partial charge in [0.2, 0.25) is 0 Å². The molecule has 0 heterocycles. The van der Waals surface area contributed by atoms with Gasteiger partial charge in [-0.3, -0.25) is 0 Å². The lowest BCUT2D eigenvalue weighted by Gasteiger charge is -2.11. The number of hydrogen-bond donors (Lipinski definition) is 2. The molecule has 0 aromatic heterocycles. The lowest BCUT2D eigenvalue weighted by Crippen LogP contribution is -2.09. The maximum atomic E-state index is 9.59. The van der Waals surface area contributed by atoms with E-state index in [4.69, 9.17) is 11.0 Å². The van der Waals surface area contributed by atoms with Crippen LogP contribution in [-0.4, -0.2) is 5.11 Å². The lowest BCUT2D eigenvalue weighted by atomic mass is 10.0. The average molecular weight is 213 g/mol. The third-order valence-corrected chi connectivity index (χ3v) is 2.03. The minimum Gasteiger partial charge on any atom is -0.506 e. The third-order valence-electron chi connectivity index (χ3n) is 2.03. The Kier molecular flexibility index (Phi) is 5.00. The topological polar surface area (TPSA) is 70.0 Å². The highest BCUT2D eigenvalue weighted by molar-refractivity contribution is 5.85. The normalized spacial score (nSPS) is 11.2. The SMILES string of the molecule is CC[C@@H](N)c1cccc(C#N)c1O.Cl. The zero-order valence-electron chi connectivity index (χ0n) is 7.90. The van der Waals surface area contributed by atoms with E-state index in [2.05, 4.69) is 0 Å². The van der Waals surface area contributed by atoms with Crippen molar-refractivity contribution in [3.05, 3.63) is 29.3 Å². The molecule has 14 heavy (non-hydrogen) atoms. The van der Waals surface area contributed by atoms with Crippen LogP contribution in [0, 0.1) is 11.3 Å². The molecule has 1 rings (SSSR count). The molecule has 0 aliphatic rings. The highest BCUT2D eigenvalue weighted by Gasteiger charge is 2.11. The number of phenols is 1. The van der Waals surface area contributed by atoms with E-state index >= 15 is 0 Å². The third kappa shape index (κ3) is 2.38. The molecule has 0 bridgehead atoms. The van der Waals surface area contributed by atoms with Gasteiger partial charge in [-0.1, -0.05) is 19.1 Å². The predicted octanol–water partition coefficient (Wildman–Crippen LogP) is 2.10. The molecule has 0 radical (unpaired) electrons. The number of rotatable bonds is 2. The van der Waals surface area contributed by atoms with Crippen LogP contribution in [0.4, 0.5) is 0 Å². The monoisotopic (exact) mass is 212 g/mol. The molecule has 0 amide bonds. The average Bonchev–Trinajstić information content (AvgIpc) is 2.17. The zero-order valence-corrected chi connectivity index (χ0v) is 8.71. The molecule has 0 saturated carbocycles. The molecule has 0 fully saturated rings. The van der Waals surface area contributed by atoms with Crippen molar-refractivity contribution in [3.8, 4) is 11.8 Å². The summed E-state index contributed by atoms with van der Waals surface area (Å²) in [6.07, 6.45) is 0.739. The quantitative estimate of drug-likeness (QED) is 0.789. The van der Waals surface area contributed by atoms with Crippen LogP contribution in [0.15, 0.2) is 18.2 Å². The Morgan fingerprint density at radius 1 is 1.57 bits per heavy atom. The number of benzene rings is 1. The molecule has 3 nitrogen and oxygen atoms in total. The summed E-state index contributed by atoms with van der Waals surface area (Å²) < 4.78 is 0. The van der Waals surface area contributed by atoms with Gasteiger partial charge in [-0.25, -0.2) is 0 Å². The van der Waals surface area contributed by atoms with E-state index in [1.54, 1.807) is 18.2 Å². The van der Waals surface area contributed by atoms with Gasteiger partial charge in [0.1, 0.15) is 11.8 Å². The van der Waals surface area contributed by atoms with Crippen LogP contribution in [-0.2, 0) is 0 Å². The van der Waals surface area contributed by atoms with Crippen molar-refractivity contribution in [2.45, 2.75) is 19.4 Å². The summed E-state index contributed by atoms with van der Waals surface area (Å²) >= 11 is 0. The van der Waals surface area contributed by atoms with Gasteiger partial charge in [0.25, 0.3) is 0 Å². The number of hydrogen-bond acceptors (Lipinski definition) is 3. The number of phenolic OH excluding ortho intramolecular Hbond substituents is 1. The van der Waals surface area contributed by atoms with E-state index in [0.29, 0.717) is 5.56 Å². The molecule has 1 aromatic carbocycles. The molecule has 0 aliphatic carbocycles. The van der Waals surface area contributed by atoms with Gasteiger partial charge in [-0.05, 0) is 12.5 Å². The highest BCUT2D eigenvalue weighted by Crippen LogP contribution is 2.27. The van der Waals surface area contributed by atoms with Gasteiger partial charge in [0.05, 0.1) is 5.56 Å². The molecule has 0 spiro atoms. The molecule has 0 saturated heterocycles. The van der Waals surface area contributed by atoms with E-state index in [1.807, 2.05) is 13.0 Å². The Hall–Kier alpha value is -1.24. The van der Waals surface area contributed by atoms with E-state index in [1.165, 1.54) is 0 Å². The number of aromatic hydroxyl groups is 1. The van der Waals surface area contributed by atoms with Gasteiger partial charge in [-0.2, -0.15) is 5.26 Å². The Morgan fingerprint density at radius 3 is 2.71 bits per heavy atom. The van der Waals surface area contributed by atoms with E-state index in [0.717, 1.165) is 6.42 Å². The maximum absolute atomic E-state index is 9.59. The maximum Gasteiger partial charge on any atom is 0.138 e. The Morgan fingerprint density at radius 2 is 2.21 bits per heavy atom. The fourth-order valence-corrected chi connectivity index (χ4v) is 1.17. The van der Waals surface area contributed by atoms with Crippen LogP contribution in [0.25, 0.3) is 0 Å². The highest BCUT2D eigenvalue weighted by atomic mass is 35.5. The van der Waals surface area contributed by atoms with Crippen LogP contribution in [0.2, 0.25) is 0 Å². The molecule has 76 valence electrons. The first kappa shape index (κ1) is 12.8. The summed E-state index contributed by atoms with van der Waals surface area (Å²) in [5, 5.41) is 18.2. The molecule has 1 aromatic rings. The fraction of sp³-hybridized carbons (Fsp3) is 0.300. The Labute approximate surface area is 89.6 Å². The van der Waals surface area contributed by atoms with Crippen LogP contribution in [0.3, 0.4) is 0 Å². The number of halogens is 1. The first-order valence-electron chi connectivity index (χ1n) is 4.18. The van der Waals surface area contributed by atoms with Crippen molar-refractivity contribution in [1.82, 2.24) is 0 Å². The van der Waals surface area contributed by atoms with Crippen molar-refractivity contribution in [1.29, 1.82) is 5.26 Å². The number of nitriles is 1. The van der Waals surface area contributed by atoms with Gasteiger partial charge in [0, 0.05) is 11.6 Å². The fourth-order valence-electron chi connectivity index (χ4n) is 1.17. The number of para-hydroxylation sites is 1. The summed E-state index contributed by atoms with van der Waals surface area (Å²) in [7, 11) is 0. The minimum atomic E-state index is -0.201. The van der Waals surface area contributed by atoms with E-state index < -0.39 is 0 Å². The van der Waals surface area contributed by atoms with Gasteiger partial charge >= 0.3 is 0 Å². The van der Waals surface area contributed by atoms with Crippen LogP contribution >= 0.6 is 12.4 Å². The predicted molar refractivity (Wildman–Crippen MR) is 57.3 cm³/mol. The molecule has 1 atom stereocenters. The van der Waals surface area contributed by atoms with Crippen molar-refractivity contribution >= 4 is 12.4 Å². The second kappa shape index (κ2) is 5.48. The second-order valence-corrected chi connectivity index (χ2v) is 2.87. The Bertz CT molecular complexity index is 346. The molecular formula is C10H13ClN2O. The first-order chi connectivity index (χ1) is 6.20.